The minimum absolute atomic E-state index is 0.318. The summed E-state index contributed by atoms with van der Waals surface area (Å²) >= 11 is 5.82. The first-order valence-corrected chi connectivity index (χ1v) is 7.15. The first-order chi connectivity index (χ1) is 10.1. The van der Waals surface area contributed by atoms with E-state index in [1.165, 1.54) is 13.4 Å². The van der Waals surface area contributed by atoms with Crippen LogP contribution in [0.3, 0.4) is 0 Å². The predicted octanol–water partition coefficient (Wildman–Crippen LogP) is 1.74. The molecule has 0 amide bonds. The van der Waals surface area contributed by atoms with Crippen LogP contribution in [-0.4, -0.2) is 45.1 Å². The topological polar surface area (TPSA) is 79.1 Å². The van der Waals surface area contributed by atoms with Gasteiger partial charge in [-0.15, -0.1) is 11.6 Å². The van der Waals surface area contributed by atoms with Crippen molar-refractivity contribution in [2.24, 2.45) is 0 Å². The van der Waals surface area contributed by atoms with Crippen molar-refractivity contribution in [3.63, 3.8) is 0 Å². The van der Waals surface area contributed by atoms with Crippen molar-refractivity contribution < 1.29 is 14.3 Å². The van der Waals surface area contributed by atoms with Crippen LogP contribution in [0.4, 0.5) is 0 Å². The standard InChI is InChI=1S/C13H17ClN4O3/c1-4-21-13(19)8(2)18-9(5-6-14)17-10-11(18)15-7-16-12(10)20-3/h7-8H,4-6H2,1-3H3. The molecule has 0 fully saturated rings. The molecule has 1 unspecified atom stereocenters. The van der Waals surface area contributed by atoms with Crippen LogP contribution in [0.2, 0.25) is 0 Å². The second kappa shape index (κ2) is 6.71. The van der Waals surface area contributed by atoms with Gasteiger partial charge in [0, 0.05) is 12.3 Å². The lowest BCUT2D eigenvalue weighted by Gasteiger charge is -2.15. The summed E-state index contributed by atoms with van der Waals surface area (Å²) in [6.07, 6.45) is 1.88. The lowest BCUT2D eigenvalue weighted by atomic mass is 10.3. The van der Waals surface area contributed by atoms with E-state index < -0.39 is 6.04 Å². The summed E-state index contributed by atoms with van der Waals surface area (Å²) in [6.45, 7) is 3.83. The van der Waals surface area contributed by atoms with Gasteiger partial charge in [-0.05, 0) is 13.8 Å². The van der Waals surface area contributed by atoms with Gasteiger partial charge < -0.3 is 9.47 Å². The number of halogens is 1. The molecule has 0 aliphatic heterocycles. The average molecular weight is 313 g/mol. The molecular weight excluding hydrogens is 296 g/mol. The summed E-state index contributed by atoms with van der Waals surface area (Å²) in [5, 5.41) is 0. The maximum absolute atomic E-state index is 12.0. The minimum atomic E-state index is -0.548. The molecule has 7 nitrogen and oxygen atoms in total. The number of nitrogens with zero attached hydrogens (tertiary/aromatic N) is 4. The second-order valence-electron chi connectivity index (χ2n) is 4.32. The highest BCUT2D eigenvalue weighted by Crippen LogP contribution is 2.25. The molecule has 0 bridgehead atoms. The zero-order chi connectivity index (χ0) is 15.4. The largest absolute Gasteiger partial charge is 0.479 e. The van der Waals surface area contributed by atoms with Crippen molar-refractivity contribution >= 4 is 28.7 Å². The van der Waals surface area contributed by atoms with Crippen LogP contribution in [-0.2, 0) is 16.0 Å². The number of hydrogen-bond acceptors (Lipinski definition) is 6. The van der Waals surface area contributed by atoms with E-state index in [1.54, 1.807) is 18.4 Å². The van der Waals surface area contributed by atoms with Crippen molar-refractivity contribution in [2.45, 2.75) is 26.3 Å². The molecule has 0 saturated carbocycles. The molecule has 2 aromatic rings. The number of alkyl halides is 1. The molecule has 0 N–H and O–H groups in total. The van der Waals surface area contributed by atoms with Gasteiger partial charge in [-0.25, -0.2) is 14.8 Å². The van der Waals surface area contributed by atoms with E-state index in [4.69, 9.17) is 21.1 Å². The molecule has 0 spiro atoms. The molecule has 0 aliphatic carbocycles. The maximum Gasteiger partial charge on any atom is 0.328 e. The Morgan fingerprint density at radius 1 is 1.48 bits per heavy atom. The van der Waals surface area contributed by atoms with Crippen LogP contribution < -0.4 is 4.74 Å². The van der Waals surface area contributed by atoms with Gasteiger partial charge in [-0.2, -0.15) is 4.98 Å². The molecule has 0 aromatic carbocycles. The van der Waals surface area contributed by atoms with E-state index in [0.717, 1.165) is 0 Å². The van der Waals surface area contributed by atoms with Crippen molar-refractivity contribution in [1.29, 1.82) is 0 Å². The van der Waals surface area contributed by atoms with Crippen LogP contribution in [0, 0.1) is 0 Å². The average Bonchev–Trinajstić information content (AvgIpc) is 2.85. The predicted molar refractivity (Wildman–Crippen MR) is 77.6 cm³/mol. The highest BCUT2D eigenvalue weighted by molar-refractivity contribution is 6.17. The monoisotopic (exact) mass is 312 g/mol. The van der Waals surface area contributed by atoms with Gasteiger partial charge in [0.15, 0.2) is 11.2 Å². The summed E-state index contributed by atoms with van der Waals surface area (Å²) in [5.41, 5.74) is 1.04. The number of imidazole rings is 1. The normalized spacial score (nSPS) is 12.4. The Kier molecular flexibility index (Phi) is 4.95. The van der Waals surface area contributed by atoms with Crippen molar-refractivity contribution in [1.82, 2.24) is 19.5 Å². The second-order valence-corrected chi connectivity index (χ2v) is 4.70. The number of carbonyl (C=O) groups is 1. The van der Waals surface area contributed by atoms with Gasteiger partial charge >= 0.3 is 5.97 Å². The Hall–Kier alpha value is -1.89. The Morgan fingerprint density at radius 3 is 2.86 bits per heavy atom. The third kappa shape index (κ3) is 2.92. The number of aromatic nitrogens is 4. The molecule has 2 rings (SSSR count). The van der Waals surface area contributed by atoms with Gasteiger partial charge in [-0.1, -0.05) is 0 Å². The number of rotatable bonds is 6. The molecule has 0 aliphatic rings. The number of ether oxygens (including phenoxy) is 2. The summed E-state index contributed by atoms with van der Waals surface area (Å²) in [7, 11) is 1.51. The summed E-state index contributed by atoms with van der Waals surface area (Å²) in [6, 6.07) is -0.548. The van der Waals surface area contributed by atoms with Crippen LogP contribution in [0.1, 0.15) is 25.7 Å². The van der Waals surface area contributed by atoms with Crippen molar-refractivity contribution in [3.05, 3.63) is 12.2 Å². The van der Waals surface area contributed by atoms with Crippen molar-refractivity contribution in [2.75, 3.05) is 19.6 Å². The van der Waals surface area contributed by atoms with E-state index in [-0.39, 0.29) is 5.97 Å². The third-order valence-electron chi connectivity index (χ3n) is 3.04. The molecular formula is C13H17ClN4O3. The number of esters is 1. The third-order valence-corrected chi connectivity index (χ3v) is 3.23. The first kappa shape index (κ1) is 15.5. The highest BCUT2D eigenvalue weighted by atomic mass is 35.5. The number of fused-ring (bicyclic) bond motifs is 1. The fourth-order valence-corrected chi connectivity index (χ4v) is 2.29. The first-order valence-electron chi connectivity index (χ1n) is 6.62. The highest BCUT2D eigenvalue weighted by Gasteiger charge is 2.24. The molecule has 0 saturated heterocycles. The number of carbonyl (C=O) groups excluding carboxylic acids is 1. The molecule has 114 valence electrons. The van der Waals surface area contributed by atoms with Gasteiger partial charge in [-0.3, -0.25) is 4.57 Å². The summed E-state index contributed by atoms with van der Waals surface area (Å²) < 4.78 is 12.0. The zero-order valence-corrected chi connectivity index (χ0v) is 12.9. The molecule has 0 radical (unpaired) electrons. The Labute approximate surface area is 127 Å². The van der Waals surface area contributed by atoms with Crippen LogP contribution in [0.15, 0.2) is 6.33 Å². The lowest BCUT2D eigenvalue weighted by molar-refractivity contribution is -0.146. The summed E-state index contributed by atoms with van der Waals surface area (Å²) in [5.74, 6) is 1.06. The van der Waals surface area contributed by atoms with E-state index in [2.05, 4.69) is 15.0 Å². The van der Waals surface area contributed by atoms with Crippen LogP contribution in [0.5, 0.6) is 5.88 Å². The quantitative estimate of drug-likeness (QED) is 0.597. The molecule has 2 aromatic heterocycles. The number of hydrogen-bond donors (Lipinski definition) is 0. The molecule has 21 heavy (non-hydrogen) atoms. The Morgan fingerprint density at radius 2 is 2.24 bits per heavy atom. The van der Waals surface area contributed by atoms with Crippen LogP contribution in [0.25, 0.3) is 11.2 Å². The molecule has 1 atom stereocenters. The van der Waals surface area contributed by atoms with E-state index >= 15 is 0 Å². The Balaban J connectivity index is 2.58. The fraction of sp³-hybridized carbons (Fsp3) is 0.538. The van der Waals surface area contributed by atoms with E-state index in [9.17, 15) is 4.79 Å². The number of aryl methyl sites for hydroxylation is 1. The number of methoxy groups -OCH3 is 1. The van der Waals surface area contributed by atoms with Gasteiger partial charge in [0.2, 0.25) is 5.88 Å². The lowest BCUT2D eigenvalue weighted by Crippen LogP contribution is -2.21. The molecule has 8 heteroatoms. The smallest absolute Gasteiger partial charge is 0.328 e. The van der Waals surface area contributed by atoms with Crippen LogP contribution >= 0.6 is 11.6 Å². The molecule has 2 heterocycles. The van der Waals surface area contributed by atoms with Gasteiger partial charge in [0.05, 0.1) is 13.7 Å². The maximum atomic E-state index is 12.0. The summed E-state index contributed by atoms with van der Waals surface area (Å²) in [4.78, 5) is 24.7. The fourth-order valence-electron chi connectivity index (χ4n) is 2.12. The SMILES string of the molecule is CCOC(=O)C(C)n1c(CCCl)nc2c(OC)ncnc21. The van der Waals surface area contributed by atoms with Gasteiger partial charge in [0.25, 0.3) is 0 Å². The van der Waals surface area contributed by atoms with Gasteiger partial charge in [0.1, 0.15) is 18.2 Å². The minimum Gasteiger partial charge on any atom is -0.479 e. The van der Waals surface area contributed by atoms with E-state index in [0.29, 0.717) is 41.8 Å². The van der Waals surface area contributed by atoms with Crippen molar-refractivity contribution in [3.8, 4) is 5.88 Å². The zero-order valence-electron chi connectivity index (χ0n) is 12.2. The van der Waals surface area contributed by atoms with E-state index in [1.807, 2.05) is 0 Å². The Bertz CT molecular complexity index is 644.